The Balaban J connectivity index is 4.04. The van der Waals surface area contributed by atoms with Crippen LogP contribution in [-0.4, -0.2) is 73.4 Å². The molecule has 0 heterocycles. The fourth-order valence-electron chi connectivity index (χ4n) is 10.3. The Morgan fingerprint density at radius 3 is 1.13 bits per heavy atom. The molecule has 0 aromatic heterocycles. The van der Waals surface area contributed by atoms with E-state index >= 15 is 0 Å². The zero-order valence-electron chi connectivity index (χ0n) is 52.7. The van der Waals surface area contributed by atoms with Gasteiger partial charge in [0.2, 0.25) is 5.91 Å². The quantitative estimate of drug-likeness (QED) is 0.0243. The number of carbonyl (C=O) groups is 1. The topological polar surface area (TPSA) is 105 Å². The van der Waals surface area contributed by atoms with Crippen LogP contribution < -0.4 is 5.32 Å². The molecule has 0 aromatic carbocycles. The number of phosphoric ester groups is 1. The van der Waals surface area contributed by atoms with E-state index in [1.165, 1.54) is 244 Å². The molecule has 0 aromatic rings. The molecule has 9 heteroatoms. The van der Waals surface area contributed by atoms with E-state index < -0.39 is 20.0 Å². The van der Waals surface area contributed by atoms with Crippen molar-refractivity contribution in [1.82, 2.24) is 5.32 Å². The van der Waals surface area contributed by atoms with Crippen LogP contribution in [0.3, 0.4) is 0 Å². The number of nitrogens with one attached hydrogen (secondary N) is 1. The third-order valence-electron chi connectivity index (χ3n) is 15.6. The van der Waals surface area contributed by atoms with E-state index in [4.69, 9.17) is 9.05 Å². The van der Waals surface area contributed by atoms with Crippen LogP contribution in [0.2, 0.25) is 0 Å². The molecule has 460 valence electrons. The fraction of sp³-hybridized carbons (Fsp3) is 0.870. The van der Waals surface area contributed by atoms with Gasteiger partial charge in [0.1, 0.15) is 13.2 Å². The van der Waals surface area contributed by atoms with Gasteiger partial charge in [0.15, 0.2) is 0 Å². The average Bonchev–Trinajstić information content (AvgIpc) is 3.41. The van der Waals surface area contributed by atoms with Gasteiger partial charge in [-0.1, -0.05) is 326 Å². The molecule has 0 aliphatic heterocycles. The molecule has 1 amide bonds. The largest absolute Gasteiger partial charge is 0.472 e. The first kappa shape index (κ1) is 76.5. The van der Waals surface area contributed by atoms with Crippen molar-refractivity contribution in [1.29, 1.82) is 0 Å². The van der Waals surface area contributed by atoms with E-state index in [0.717, 1.165) is 64.2 Å². The predicted octanol–water partition coefficient (Wildman–Crippen LogP) is 21.4. The average molecular weight is 1120 g/mol. The normalized spacial score (nSPS) is 14.0. The van der Waals surface area contributed by atoms with Gasteiger partial charge in [-0.3, -0.25) is 13.8 Å². The van der Waals surface area contributed by atoms with Gasteiger partial charge in [0.05, 0.1) is 39.9 Å². The third kappa shape index (κ3) is 62.1. The summed E-state index contributed by atoms with van der Waals surface area (Å²) in [5.41, 5.74) is 0. The molecule has 0 bridgehead atoms. The van der Waals surface area contributed by atoms with Crippen LogP contribution in [0.4, 0.5) is 0 Å². The highest BCUT2D eigenvalue weighted by Gasteiger charge is 2.28. The molecule has 0 saturated carbocycles. The van der Waals surface area contributed by atoms with Crippen LogP contribution in [-0.2, 0) is 18.4 Å². The number of hydrogen-bond donors (Lipinski definition) is 3. The molecule has 0 fully saturated rings. The highest BCUT2D eigenvalue weighted by molar-refractivity contribution is 7.47. The number of likely N-dealkylation sites (N-methyl/N-ethyl adjacent to an activating group) is 1. The number of aliphatic hydroxyl groups excluding tert-OH is 1. The van der Waals surface area contributed by atoms with Gasteiger partial charge in [-0.2, -0.15) is 0 Å². The first-order valence-electron chi connectivity index (χ1n) is 34.0. The lowest BCUT2D eigenvalue weighted by atomic mass is 10.0. The Morgan fingerprint density at radius 1 is 0.449 bits per heavy atom. The smallest absolute Gasteiger partial charge is 0.391 e. The van der Waals surface area contributed by atoms with Gasteiger partial charge in [-0.15, -0.1) is 0 Å². The molecule has 0 aliphatic rings. The third-order valence-corrected chi connectivity index (χ3v) is 16.6. The van der Waals surface area contributed by atoms with Crippen molar-refractivity contribution >= 4 is 13.7 Å². The number of rotatable bonds is 63. The lowest BCUT2D eigenvalue weighted by Crippen LogP contribution is -2.46. The maximum absolute atomic E-state index is 13.1. The van der Waals surface area contributed by atoms with Gasteiger partial charge >= 0.3 is 7.82 Å². The Hall–Kier alpha value is -1.54. The van der Waals surface area contributed by atoms with Crippen molar-refractivity contribution in [3.05, 3.63) is 48.6 Å². The van der Waals surface area contributed by atoms with Crippen molar-refractivity contribution in [2.45, 2.75) is 347 Å². The maximum atomic E-state index is 13.1. The van der Waals surface area contributed by atoms with Crippen molar-refractivity contribution in [2.75, 3.05) is 40.9 Å². The Kier molecular flexibility index (Phi) is 58.9. The van der Waals surface area contributed by atoms with Crippen LogP contribution in [0.1, 0.15) is 335 Å². The van der Waals surface area contributed by atoms with E-state index in [2.05, 4.69) is 67.8 Å². The molecule has 0 saturated heterocycles. The summed E-state index contributed by atoms with van der Waals surface area (Å²) in [5, 5.41) is 14.1. The number of unbranched alkanes of at least 4 members (excludes halogenated alkanes) is 42. The van der Waals surface area contributed by atoms with Crippen molar-refractivity contribution in [3.63, 3.8) is 0 Å². The summed E-state index contributed by atoms with van der Waals surface area (Å²) in [4.78, 5) is 23.4. The van der Waals surface area contributed by atoms with Crippen LogP contribution >= 0.6 is 7.82 Å². The second kappa shape index (κ2) is 60.1. The summed E-state index contributed by atoms with van der Waals surface area (Å²) in [6.45, 7) is 4.82. The monoisotopic (exact) mass is 1120 g/mol. The zero-order chi connectivity index (χ0) is 57.0. The molecule has 0 spiro atoms. The van der Waals surface area contributed by atoms with E-state index in [1.807, 2.05) is 21.1 Å². The summed E-state index contributed by atoms with van der Waals surface area (Å²) in [7, 11) is 1.63. The molecule has 0 radical (unpaired) electrons. The first-order valence-corrected chi connectivity index (χ1v) is 35.5. The second-order valence-corrected chi connectivity index (χ2v) is 26.0. The molecule has 78 heavy (non-hydrogen) atoms. The molecule has 3 atom stereocenters. The number of allylic oxidation sites excluding steroid dienone is 8. The minimum atomic E-state index is -4.33. The number of nitrogens with zero attached hydrogens (tertiary/aromatic N) is 1. The number of amides is 1. The first-order chi connectivity index (χ1) is 38.0. The van der Waals surface area contributed by atoms with Crippen LogP contribution in [0.15, 0.2) is 48.6 Å². The standard InChI is InChI=1S/C69H133N2O6P/c1-6-8-10-12-14-16-18-20-22-24-26-28-30-32-34-35-37-38-40-42-44-46-48-50-52-54-56-58-60-62-68(72)67(66-77-78(74,75)76-65-64-71(3,4)5)70-69(73)63-61-59-57-55-53-51-49-47-45-43-41-39-36-33-31-29-27-25-23-21-19-17-15-13-11-9-7-2/h9,11,15,17,21,23,27,29,67-68,72H,6-8,10,12-14,16,18-20,22,24-26,28,30-66H2,1-5H3,(H-,70,73,74,75)/p+1/b11-9-,17-15-,23-21-,29-27-. The molecule has 0 rings (SSSR count). The van der Waals surface area contributed by atoms with E-state index in [0.29, 0.717) is 23.9 Å². The summed E-state index contributed by atoms with van der Waals surface area (Å²) >= 11 is 0. The van der Waals surface area contributed by atoms with Gasteiger partial charge in [-0.25, -0.2) is 4.57 Å². The van der Waals surface area contributed by atoms with Crippen LogP contribution in [0.5, 0.6) is 0 Å². The molecule has 3 unspecified atom stereocenters. The number of phosphoric acid groups is 1. The highest BCUT2D eigenvalue weighted by Crippen LogP contribution is 2.43. The lowest BCUT2D eigenvalue weighted by Gasteiger charge is -2.26. The van der Waals surface area contributed by atoms with E-state index in [-0.39, 0.29) is 19.1 Å². The second-order valence-electron chi connectivity index (χ2n) is 24.5. The molecule has 0 aliphatic carbocycles. The molecule has 3 N–H and O–H groups in total. The number of hydrogen-bond acceptors (Lipinski definition) is 5. The lowest BCUT2D eigenvalue weighted by molar-refractivity contribution is -0.870. The maximum Gasteiger partial charge on any atom is 0.472 e. The molecular formula is C69H134N2O6P+. The molecule has 8 nitrogen and oxygen atoms in total. The van der Waals surface area contributed by atoms with Crippen molar-refractivity contribution in [2.24, 2.45) is 0 Å². The minimum Gasteiger partial charge on any atom is -0.391 e. The zero-order valence-corrected chi connectivity index (χ0v) is 53.6. The number of aliphatic hydroxyl groups is 1. The van der Waals surface area contributed by atoms with Gasteiger partial charge in [-0.05, 0) is 51.4 Å². The Morgan fingerprint density at radius 2 is 0.769 bits per heavy atom. The summed E-state index contributed by atoms with van der Waals surface area (Å²) < 4.78 is 23.9. The van der Waals surface area contributed by atoms with Crippen LogP contribution in [0, 0.1) is 0 Å². The summed E-state index contributed by atoms with van der Waals surface area (Å²) in [6.07, 6.45) is 80.6. The van der Waals surface area contributed by atoms with E-state index in [9.17, 15) is 19.4 Å². The van der Waals surface area contributed by atoms with Crippen molar-refractivity contribution < 1.29 is 32.9 Å². The number of carbonyl (C=O) groups excluding carboxylic acids is 1. The van der Waals surface area contributed by atoms with Crippen LogP contribution in [0.25, 0.3) is 0 Å². The molecular weight excluding hydrogens is 984 g/mol. The van der Waals surface area contributed by atoms with Gasteiger partial charge in [0.25, 0.3) is 0 Å². The van der Waals surface area contributed by atoms with E-state index in [1.54, 1.807) is 0 Å². The fourth-order valence-corrected chi connectivity index (χ4v) is 11.1. The highest BCUT2D eigenvalue weighted by atomic mass is 31.2. The van der Waals surface area contributed by atoms with Gasteiger partial charge in [0, 0.05) is 6.42 Å². The number of quaternary nitrogens is 1. The minimum absolute atomic E-state index is 0.0749. The predicted molar refractivity (Wildman–Crippen MR) is 341 cm³/mol. The summed E-state index contributed by atoms with van der Waals surface area (Å²) in [6, 6.07) is -0.764. The Labute approximate surface area is 486 Å². The Bertz CT molecular complexity index is 1410. The SMILES string of the molecule is CC/C=C\C/C=C\C/C=C\C/C=C\CCCCCCCCCCCCCCCCC(=O)NC(COP(=O)(O)OCC[N+](C)(C)C)C(O)CCCCCCCCCCCCCCCCCCCCCCCCCCCCCCC. The van der Waals surface area contributed by atoms with Gasteiger partial charge < -0.3 is 19.8 Å². The van der Waals surface area contributed by atoms with Crippen molar-refractivity contribution in [3.8, 4) is 0 Å². The summed E-state index contributed by atoms with van der Waals surface area (Å²) in [5.74, 6) is -0.141.